The van der Waals surface area contributed by atoms with E-state index in [4.69, 9.17) is 16.3 Å². The maximum absolute atomic E-state index is 5.87. The van der Waals surface area contributed by atoms with Crippen LogP contribution in [0.4, 0.5) is 0 Å². The topological polar surface area (TPSA) is 21.3 Å². The number of hydrogen-bond donors (Lipinski definition) is 1. The number of hydrogen-bond acceptors (Lipinski definition) is 2. The SMILES string of the molecule is CNC(C)(C)COc1ccc(Cl)cc1C. The van der Waals surface area contributed by atoms with E-state index in [9.17, 15) is 0 Å². The van der Waals surface area contributed by atoms with E-state index in [1.807, 2.05) is 32.2 Å². The molecule has 0 saturated heterocycles. The number of ether oxygens (including phenoxy) is 1. The highest BCUT2D eigenvalue weighted by Gasteiger charge is 2.15. The summed E-state index contributed by atoms with van der Waals surface area (Å²) in [6.45, 7) is 6.82. The van der Waals surface area contributed by atoms with Gasteiger partial charge in [0.1, 0.15) is 12.4 Å². The van der Waals surface area contributed by atoms with Gasteiger partial charge >= 0.3 is 0 Å². The van der Waals surface area contributed by atoms with Crippen LogP contribution in [0, 0.1) is 6.92 Å². The Labute approximate surface area is 96.6 Å². The summed E-state index contributed by atoms with van der Waals surface area (Å²) in [4.78, 5) is 0. The molecule has 1 N–H and O–H groups in total. The molecule has 0 fully saturated rings. The van der Waals surface area contributed by atoms with Gasteiger partial charge in [-0.2, -0.15) is 0 Å². The molecule has 0 atom stereocenters. The number of aryl methyl sites for hydroxylation is 1. The van der Waals surface area contributed by atoms with Crippen LogP contribution >= 0.6 is 11.6 Å². The summed E-state index contributed by atoms with van der Waals surface area (Å²) < 4.78 is 5.73. The lowest BCUT2D eigenvalue weighted by Crippen LogP contribution is -2.42. The van der Waals surface area contributed by atoms with E-state index in [0.717, 1.165) is 16.3 Å². The van der Waals surface area contributed by atoms with Crippen LogP contribution in [0.3, 0.4) is 0 Å². The molecule has 1 rings (SSSR count). The number of nitrogens with one attached hydrogen (secondary N) is 1. The second kappa shape index (κ2) is 4.86. The van der Waals surface area contributed by atoms with E-state index in [0.29, 0.717) is 6.61 Å². The number of likely N-dealkylation sites (N-methyl/N-ethyl adjacent to an activating group) is 1. The van der Waals surface area contributed by atoms with Crippen molar-refractivity contribution in [1.82, 2.24) is 5.32 Å². The van der Waals surface area contributed by atoms with E-state index >= 15 is 0 Å². The van der Waals surface area contributed by atoms with Crippen LogP contribution < -0.4 is 10.1 Å². The molecular formula is C12H18ClNO. The molecule has 0 spiro atoms. The van der Waals surface area contributed by atoms with Gasteiger partial charge < -0.3 is 10.1 Å². The first-order valence-electron chi connectivity index (χ1n) is 5.02. The van der Waals surface area contributed by atoms with Gasteiger partial charge in [-0.1, -0.05) is 11.6 Å². The molecule has 0 saturated carbocycles. The van der Waals surface area contributed by atoms with Gasteiger partial charge in [-0.05, 0) is 51.6 Å². The molecule has 0 aromatic heterocycles. The summed E-state index contributed by atoms with van der Waals surface area (Å²) in [5, 5.41) is 3.93. The Bertz CT molecular complexity index is 336. The molecule has 84 valence electrons. The van der Waals surface area contributed by atoms with Crippen molar-refractivity contribution >= 4 is 11.6 Å². The third-order valence-corrected chi connectivity index (χ3v) is 2.64. The second-order valence-electron chi connectivity index (χ2n) is 4.33. The van der Waals surface area contributed by atoms with Gasteiger partial charge in [0.2, 0.25) is 0 Å². The molecule has 0 aliphatic carbocycles. The zero-order valence-electron chi connectivity index (χ0n) is 9.73. The first kappa shape index (κ1) is 12.3. The van der Waals surface area contributed by atoms with Crippen LogP contribution in [-0.2, 0) is 0 Å². The predicted octanol–water partition coefficient (Wildman–Crippen LogP) is 3.03. The van der Waals surface area contributed by atoms with Crippen molar-refractivity contribution in [3.05, 3.63) is 28.8 Å². The summed E-state index contributed by atoms with van der Waals surface area (Å²) in [6, 6.07) is 5.66. The van der Waals surface area contributed by atoms with Gasteiger partial charge in [0.25, 0.3) is 0 Å². The number of halogens is 1. The molecule has 0 aliphatic heterocycles. The molecule has 0 amide bonds. The minimum atomic E-state index is -0.0217. The average molecular weight is 228 g/mol. The van der Waals surface area contributed by atoms with Gasteiger partial charge in [-0.15, -0.1) is 0 Å². The summed E-state index contributed by atoms with van der Waals surface area (Å²) in [7, 11) is 1.93. The zero-order valence-corrected chi connectivity index (χ0v) is 10.5. The third-order valence-electron chi connectivity index (χ3n) is 2.40. The Hall–Kier alpha value is -0.730. The van der Waals surface area contributed by atoms with E-state index in [-0.39, 0.29) is 5.54 Å². The Morgan fingerprint density at radius 3 is 2.60 bits per heavy atom. The van der Waals surface area contributed by atoms with Crippen LogP contribution in [0.15, 0.2) is 18.2 Å². The minimum Gasteiger partial charge on any atom is -0.491 e. The van der Waals surface area contributed by atoms with E-state index in [1.165, 1.54) is 0 Å². The minimum absolute atomic E-state index is 0.0217. The van der Waals surface area contributed by atoms with Crippen molar-refractivity contribution in [3.8, 4) is 5.75 Å². The summed E-state index contributed by atoms with van der Waals surface area (Å²) in [6.07, 6.45) is 0. The standard InChI is InChI=1S/C12H18ClNO/c1-9-7-10(13)5-6-11(9)15-8-12(2,3)14-4/h5-7,14H,8H2,1-4H3. The van der Waals surface area contributed by atoms with Crippen molar-refractivity contribution in [3.63, 3.8) is 0 Å². The first-order chi connectivity index (χ1) is 6.94. The van der Waals surface area contributed by atoms with Crippen LogP contribution in [0.2, 0.25) is 5.02 Å². The quantitative estimate of drug-likeness (QED) is 0.854. The van der Waals surface area contributed by atoms with Crippen molar-refractivity contribution in [2.45, 2.75) is 26.3 Å². The van der Waals surface area contributed by atoms with Gasteiger partial charge in [-0.25, -0.2) is 0 Å². The number of rotatable bonds is 4. The molecule has 0 aliphatic rings. The molecule has 2 nitrogen and oxygen atoms in total. The van der Waals surface area contributed by atoms with E-state index in [1.54, 1.807) is 0 Å². The highest BCUT2D eigenvalue weighted by molar-refractivity contribution is 6.30. The van der Waals surface area contributed by atoms with Crippen molar-refractivity contribution in [2.75, 3.05) is 13.7 Å². The molecule has 1 aromatic carbocycles. The van der Waals surface area contributed by atoms with Crippen LogP contribution in [0.5, 0.6) is 5.75 Å². The van der Waals surface area contributed by atoms with Crippen molar-refractivity contribution in [2.24, 2.45) is 0 Å². The fourth-order valence-corrected chi connectivity index (χ4v) is 1.33. The zero-order chi connectivity index (χ0) is 11.5. The highest BCUT2D eigenvalue weighted by atomic mass is 35.5. The number of benzene rings is 1. The lowest BCUT2D eigenvalue weighted by molar-refractivity contribution is 0.216. The molecule has 3 heteroatoms. The average Bonchev–Trinajstić information content (AvgIpc) is 2.16. The summed E-state index contributed by atoms with van der Waals surface area (Å²) in [5.41, 5.74) is 1.04. The Kier molecular flexibility index (Phi) is 4.00. The Balaban J connectivity index is 2.66. The van der Waals surface area contributed by atoms with Crippen LogP contribution in [0.25, 0.3) is 0 Å². The highest BCUT2D eigenvalue weighted by Crippen LogP contribution is 2.22. The van der Waals surface area contributed by atoms with Gasteiger partial charge in [-0.3, -0.25) is 0 Å². The maximum atomic E-state index is 5.87. The summed E-state index contributed by atoms with van der Waals surface area (Å²) >= 11 is 5.87. The van der Waals surface area contributed by atoms with Crippen LogP contribution in [-0.4, -0.2) is 19.2 Å². The lowest BCUT2D eigenvalue weighted by Gasteiger charge is -2.24. The van der Waals surface area contributed by atoms with Gasteiger partial charge in [0.15, 0.2) is 0 Å². The molecular weight excluding hydrogens is 210 g/mol. The van der Waals surface area contributed by atoms with Crippen LogP contribution in [0.1, 0.15) is 19.4 Å². The molecule has 0 heterocycles. The smallest absolute Gasteiger partial charge is 0.122 e. The monoisotopic (exact) mass is 227 g/mol. The normalized spacial score (nSPS) is 11.5. The lowest BCUT2D eigenvalue weighted by atomic mass is 10.1. The fraction of sp³-hybridized carbons (Fsp3) is 0.500. The second-order valence-corrected chi connectivity index (χ2v) is 4.77. The molecule has 1 aromatic rings. The molecule has 0 bridgehead atoms. The maximum Gasteiger partial charge on any atom is 0.122 e. The Morgan fingerprint density at radius 2 is 2.07 bits per heavy atom. The molecule has 0 unspecified atom stereocenters. The van der Waals surface area contributed by atoms with E-state index < -0.39 is 0 Å². The van der Waals surface area contributed by atoms with Gasteiger partial charge in [0, 0.05) is 10.6 Å². The fourth-order valence-electron chi connectivity index (χ4n) is 1.11. The van der Waals surface area contributed by atoms with Crippen molar-refractivity contribution < 1.29 is 4.74 Å². The largest absolute Gasteiger partial charge is 0.491 e. The summed E-state index contributed by atoms with van der Waals surface area (Å²) in [5.74, 6) is 0.891. The molecule has 0 radical (unpaired) electrons. The Morgan fingerprint density at radius 1 is 1.40 bits per heavy atom. The first-order valence-corrected chi connectivity index (χ1v) is 5.40. The third kappa shape index (κ3) is 3.73. The molecule has 15 heavy (non-hydrogen) atoms. The van der Waals surface area contributed by atoms with E-state index in [2.05, 4.69) is 19.2 Å². The van der Waals surface area contributed by atoms with Crippen molar-refractivity contribution in [1.29, 1.82) is 0 Å². The predicted molar refractivity (Wildman–Crippen MR) is 64.8 cm³/mol. The van der Waals surface area contributed by atoms with Gasteiger partial charge in [0.05, 0.1) is 0 Å².